The molecule has 0 aromatic heterocycles. The van der Waals surface area contributed by atoms with E-state index in [4.69, 9.17) is 0 Å². The first-order chi connectivity index (χ1) is 8.49. The summed E-state index contributed by atoms with van der Waals surface area (Å²) >= 11 is 0. The number of Topliss-reactive ketones (excluding diaryl/α,β-unsaturated/α-hetero) is 1. The van der Waals surface area contributed by atoms with Crippen molar-refractivity contribution in [1.29, 1.82) is 0 Å². The van der Waals surface area contributed by atoms with Crippen LogP contribution >= 0.6 is 0 Å². The van der Waals surface area contributed by atoms with Crippen molar-refractivity contribution in [2.24, 2.45) is 0 Å². The zero-order chi connectivity index (χ0) is 13.3. The summed E-state index contributed by atoms with van der Waals surface area (Å²) in [4.78, 5) is 35.9. The number of benzene rings is 1. The number of ketones is 1. The second-order valence-electron chi connectivity index (χ2n) is 4.60. The first-order valence-electron chi connectivity index (χ1n) is 5.92. The maximum atomic E-state index is 12.0. The lowest BCUT2D eigenvalue weighted by molar-refractivity contribution is -0.137. The Morgan fingerprint density at radius 3 is 2.28 bits per heavy atom. The highest BCUT2D eigenvalue weighted by Gasteiger charge is 2.30. The lowest BCUT2D eigenvalue weighted by atomic mass is 10.0. The third-order valence-corrected chi connectivity index (χ3v) is 3.29. The zero-order valence-electron chi connectivity index (χ0n) is 10.5. The number of carbonyl (C=O) groups is 3. The molecule has 2 rings (SSSR count). The van der Waals surface area contributed by atoms with E-state index in [-0.39, 0.29) is 37.0 Å². The molecule has 0 atom stereocenters. The molecular weight excluding hydrogens is 230 g/mol. The molecule has 0 unspecified atom stereocenters. The molecular formula is C14H15NO3. The predicted molar refractivity (Wildman–Crippen MR) is 66.2 cm³/mol. The average Bonchev–Trinajstić information content (AvgIpc) is 2.64. The Labute approximate surface area is 106 Å². The summed E-state index contributed by atoms with van der Waals surface area (Å²) in [5, 5.41) is 0. The second-order valence-corrected chi connectivity index (χ2v) is 4.60. The Morgan fingerprint density at radius 1 is 1.11 bits per heavy atom. The van der Waals surface area contributed by atoms with E-state index >= 15 is 0 Å². The maximum Gasteiger partial charge on any atom is 0.230 e. The first-order valence-corrected chi connectivity index (χ1v) is 5.92. The van der Waals surface area contributed by atoms with Crippen molar-refractivity contribution in [3.8, 4) is 0 Å². The zero-order valence-corrected chi connectivity index (χ0v) is 10.5. The Bertz CT molecular complexity index is 518. The smallest absolute Gasteiger partial charge is 0.230 e. The van der Waals surface area contributed by atoms with Gasteiger partial charge < -0.3 is 0 Å². The Kier molecular flexibility index (Phi) is 3.28. The molecule has 4 heteroatoms. The third-order valence-electron chi connectivity index (χ3n) is 3.29. The fraction of sp³-hybridized carbons (Fsp3) is 0.357. The van der Waals surface area contributed by atoms with E-state index in [2.05, 4.69) is 0 Å². The Hall–Kier alpha value is -1.97. The number of amides is 2. The summed E-state index contributed by atoms with van der Waals surface area (Å²) in [6.07, 6.45) is 0.443. The SMILES string of the molecule is Cc1ccc(C(=O)CN2C(=O)CCC2=O)cc1C. The van der Waals surface area contributed by atoms with Gasteiger partial charge in [0.1, 0.15) is 0 Å². The van der Waals surface area contributed by atoms with Gasteiger partial charge >= 0.3 is 0 Å². The second kappa shape index (κ2) is 4.72. The van der Waals surface area contributed by atoms with Gasteiger partial charge in [-0.05, 0) is 31.0 Å². The molecule has 1 aliphatic heterocycles. The van der Waals surface area contributed by atoms with Crippen LogP contribution in [0.5, 0.6) is 0 Å². The van der Waals surface area contributed by atoms with E-state index in [1.807, 2.05) is 19.9 Å². The summed E-state index contributed by atoms with van der Waals surface area (Å²) < 4.78 is 0. The number of nitrogens with zero attached hydrogens (tertiary/aromatic N) is 1. The van der Waals surface area contributed by atoms with E-state index in [1.165, 1.54) is 0 Å². The molecule has 0 aliphatic carbocycles. The molecule has 2 amide bonds. The van der Waals surface area contributed by atoms with Gasteiger partial charge in [0.2, 0.25) is 11.8 Å². The molecule has 1 saturated heterocycles. The Morgan fingerprint density at radius 2 is 1.72 bits per heavy atom. The third kappa shape index (κ3) is 2.32. The molecule has 0 bridgehead atoms. The number of hydrogen-bond acceptors (Lipinski definition) is 3. The van der Waals surface area contributed by atoms with Gasteiger partial charge in [-0.3, -0.25) is 19.3 Å². The molecule has 94 valence electrons. The van der Waals surface area contributed by atoms with Crippen LogP contribution in [0.4, 0.5) is 0 Å². The van der Waals surface area contributed by atoms with E-state index in [0.717, 1.165) is 16.0 Å². The van der Waals surface area contributed by atoms with Crippen molar-refractivity contribution in [1.82, 2.24) is 4.90 Å². The average molecular weight is 245 g/mol. The van der Waals surface area contributed by atoms with Crippen LogP contribution < -0.4 is 0 Å². The van der Waals surface area contributed by atoms with Gasteiger partial charge in [-0.25, -0.2) is 0 Å². The molecule has 1 heterocycles. The highest BCUT2D eigenvalue weighted by atomic mass is 16.2. The number of aryl methyl sites for hydroxylation is 2. The number of likely N-dealkylation sites (tertiary alicyclic amines) is 1. The molecule has 4 nitrogen and oxygen atoms in total. The van der Waals surface area contributed by atoms with Crippen LogP contribution in [0.15, 0.2) is 18.2 Å². The number of hydrogen-bond donors (Lipinski definition) is 0. The molecule has 1 aliphatic rings. The van der Waals surface area contributed by atoms with E-state index in [1.54, 1.807) is 12.1 Å². The lowest BCUT2D eigenvalue weighted by Crippen LogP contribution is -2.34. The van der Waals surface area contributed by atoms with Crippen molar-refractivity contribution in [3.05, 3.63) is 34.9 Å². The minimum atomic E-state index is -0.253. The fourth-order valence-electron chi connectivity index (χ4n) is 1.95. The molecule has 0 saturated carbocycles. The van der Waals surface area contributed by atoms with Crippen LogP contribution in [0.2, 0.25) is 0 Å². The van der Waals surface area contributed by atoms with Crippen molar-refractivity contribution in [2.75, 3.05) is 6.54 Å². The predicted octanol–water partition coefficient (Wildman–Crippen LogP) is 1.64. The van der Waals surface area contributed by atoms with Gasteiger partial charge in [-0.2, -0.15) is 0 Å². The van der Waals surface area contributed by atoms with Gasteiger partial charge in [0.05, 0.1) is 6.54 Å². The first kappa shape index (κ1) is 12.5. The van der Waals surface area contributed by atoms with E-state index in [9.17, 15) is 14.4 Å². The van der Waals surface area contributed by atoms with Crippen molar-refractivity contribution >= 4 is 17.6 Å². The van der Waals surface area contributed by atoms with Gasteiger partial charge in [-0.15, -0.1) is 0 Å². The summed E-state index contributed by atoms with van der Waals surface area (Å²) in [5.41, 5.74) is 2.69. The number of imide groups is 1. The van der Waals surface area contributed by atoms with Crippen LogP contribution in [-0.4, -0.2) is 29.0 Å². The largest absolute Gasteiger partial charge is 0.292 e. The van der Waals surface area contributed by atoms with Gasteiger partial charge in [0, 0.05) is 18.4 Å². The van der Waals surface area contributed by atoms with Crippen LogP contribution in [-0.2, 0) is 9.59 Å². The normalized spacial score (nSPS) is 15.3. The summed E-state index contributed by atoms with van der Waals surface area (Å²) in [6, 6.07) is 5.40. The number of carbonyl (C=O) groups excluding carboxylic acids is 3. The quantitative estimate of drug-likeness (QED) is 0.601. The van der Waals surface area contributed by atoms with Crippen LogP contribution in [0.3, 0.4) is 0 Å². The summed E-state index contributed by atoms with van der Waals surface area (Å²) in [7, 11) is 0. The van der Waals surface area contributed by atoms with Gasteiger partial charge in [0.25, 0.3) is 0 Å². The molecule has 0 N–H and O–H groups in total. The highest BCUT2D eigenvalue weighted by Crippen LogP contribution is 2.15. The van der Waals surface area contributed by atoms with Crippen molar-refractivity contribution < 1.29 is 14.4 Å². The molecule has 1 aromatic carbocycles. The van der Waals surface area contributed by atoms with Crippen LogP contribution in [0, 0.1) is 13.8 Å². The standard InChI is InChI=1S/C14H15NO3/c1-9-3-4-11(7-10(9)2)12(16)8-15-13(17)5-6-14(15)18/h3-4,7H,5-6,8H2,1-2H3. The monoisotopic (exact) mass is 245 g/mol. The summed E-state index contributed by atoms with van der Waals surface area (Å²) in [6.45, 7) is 3.76. The maximum absolute atomic E-state index is 12.0. The van der Waals surface area contributed by atoms with Crippen molar-refractivity contribution in [3.63, 3.8) is 0 Å². The molecule has 0 spiro atoms. The molecule has 18 heavy (non-hydrogen) atoms. The highest BCUT2D eigenvalue weighted by molar-refractivity contribution is 6.07. The fourth-order valence-corrected chi connectivity index (χ4v) is 1.95. The number of rotatable bonds is 3. The minimum absolute atomic E-state index is 0.139. The lowest BCUT2D eigenvalue weighted by Gasteiger charge is -2.13. The van der Waals surface area contributed by atoms with Gasteiger partial charge in [-0.1, -0.05) is 12.1 Å². The summed E-state index contributed by atoms with van der Waals surface area (Å²) in [5.74, 6) is -0.698. The molecule has 1 fully saturated rings. The Balaban J connectivity index is 2.14. The van der Waals surface area contributed by atoms with E-state index in [0.29, 0.717) is 5.56 Å². The van der Waals surface area contributed by atoms with E-state index < -0.39 is 0 Å². The minimum Gasteiger partial charge on any atom is -0.292 e. The van der Waals surface area contributed by atoms with Gasteiger partial charge in [0.15, 0.2) is 5.78 Å². The molecule has 1 aromatic rings. The van der Waals surface area contributed by atoms with Crippen molar-refractivity contribution in [2.45, 2.75) is 26.7 Å². The van der Waals surface area contributed by atoms with Crippen LogP contribution in [0.25, 0.3) is 0 Å². The topological polar surface area (TPSA) is 54.5 Å². The molecule has 0 radical (unpaired) electrons. The van der Waals surface area contributed by atoms with Crippen LogP contribution in [0.1, 0.15) is 34.3 Å².